The monoisotopic (exact) mass is 264 g/mol. The first-order valence-corrected chi connectivity index (χ1v) is 5.92. The highest BCUT2D eigenvalue weighted by molar-refractivity contribution is 5.53. The SMILES string of the molecule is COC[C@H](C)Oc1ccc(-c2nnc(CO)o2)cc1. The molecular formula is C13H16N2O4. The van der Waals surface area contributed by atoms with Gasteiger partial charge in [0.25, 0.3) is 0 Å². The van der Waals surface area contributed by atoms with Crippen LogP contribution in [0.3, 0.4) is 0 Å². The van der Waals surface area contributed by atoms with Gasteiger partial charge in [0.1, 0.15) is 18.5 Å². The lowest BCUT2D eigenvalue weighted by Gasteiger charge is -2.13. The molecule has 6 heteroatoms. The summed E-state index contributed by atoms with van der Waals surface area (Å²) in [5.74, 6) is 1.32. The predicted molar refractivity (Wildman–Crippen MR) is 67.6 cm³/mol. The lowest BCUT2D eigenvalue weighted by molar-refractivity contribution is 0.0921. The van der Waals surface area contributed by atoms with E-state index in [1.807, 2.05) is 31.2 Å². The Morgan fingerprint density at radius 3 is 2.58 bits per heavy atom. The van der Waals surface area contributed by atoms with Crippen LogP contribution in [0.5, 0.6) is 5.75 Å². The molecule has 2 aromatic rings. The fourth-order valence-electron chi connectivity index (χ4n) is 1.61. The second-order valence-corrected chi connectivity index (χ2v) is 4.07. The van der Waals surface area contributed by atoms with E-state index in [1.165, 1.54) is 0 Å². The minimum atomic E-state index is -0.261. The fourth-order valence-corrected chi connectivity index (χ4v) is 1.61. The Balaban J connectivity index is 2.05. The molecule has 0 unspecified atom stereocenters. The number of nitrogens with zero attached hydrogens (tertiary/aromatic N) is 2. The van der Waals surface area contributed by atoms with Gasteiger partial charge in [0.2, 0.25) is 11.8 Å². The molecule has 0 aliphatic rings. The van der Waals surface area contributed by atoms with Crippen molar-refractivity contribution in [1.29, 1.82) is 0 Å². The molecule has 102 valence electrons. The van der Waals surface area contributed by atoms with Crippen molar-refractivity contribution < 1.29 is 19.0 Å². The van der Waals surface area contributed by atoms with Crippen LogP contribution in [0.25, 0.3) is 11.5 Å². The highest BCUT2D eigenvalue weighted by Crippen LogP contribution is 2.21. The van der Waals surface area contributed by atoms with Crippen LogP contribution in [-0.2, 0) is 11.3 Å². The number of benzene rings is 1. The Hall–Kier alpha value is -1.92. The molecule has 0 saturated heterocycles. The maximum atomic E-state index is 8.86. The molecule has 0 fully saturated rings. The highest BCUT2D eigenvalue weighted by Gasteiger charge is 2.08. The summed E-state index contributed by atoms with van der Waals surface area (Å²) in [7, 11) is 1.64. The molecule has 0 spiro atoms. The van der Waals surface area contributed by atoms with E-state index < -0.39 is 0 Å². The first-order chi connectivity index (χ1) is 9.22. The van der Waals surface area contributed by atoms with Gasteiger partial charge in [-0.05, 0) is 31.2 Å². The summed E-state index contributed by atoms with van der Waals surface area (Å²) in [6, 6.07) is 7.29. The quantitative estimate of drug-likeness (QED) is 0.854. The standard InChI is InChI=1S/C13H16N2O4/c1-9(8-17-2)18-11-5-3-10(4-6-11)13-15-14-12(7-16)19-13/h3-6,9,16H,7-8H2,1-2H3/t9-/m0/s1. The molecule has 1 aromatic heterocycles. The number of aliphatic hydroxyl groups excluding tert-OH is 1. The molecule has 0 bridgehead atoms. The summed E-state index contributed by atoms with van der Waals surface area (Å²) in [5.41, 5.74) is 0.777. The molecule has 1 N–H and O–H groups in total. The van der Waals surface area contributed by atoms with Crippen LogP contribution in [0.4, 0.5) is 0 Å². The molecule has 0 amide bonds. The maximum absolute atomic E-state index is 8.86. The van der Waals surface area contributed by atoms with Crippen LogP contribution in [0.1, 0.15) is 12.8 Å². The van der Waals surface area contributed by atoms with Gasteiger partial charge in [-0.1, -0.05) is 0 Å². The van der Waals surface area contributed by atoms with E-state index >= 15 is 0 Å². The summed E-state index contributed by atoms with van der Waals surface area (Å²) in [5, 5.41) is 16.4. The van der Waals surface area contributed by atoms with Gasteiger partial charge in [0.05, 0.1) is 6.61 Å². The van der Waals surface area contributed by atoms with Crippen molar-refractivity contribution in [2.45, 2.75) is 19.6 Å². The number of rotatable bonds is 6. The second kappa shape index (κ2) is 6.31. The number of hydrogen-bond donors (Lipinski definition) is 1. The van der Waals surface area contributed by atoms with Crippen LogP contribution >= 0.6 is 0 Å². The van der Waals surface area contributed by atoms with Crippen LogP contribution in [-0.4, -0.2) is 35.1 Å². The smallest absolute Gasteiger partial charge is 0.247 e. The molecule has 1 heterocycles. The third-order valence-electron chi connectivity index (χ3n) is 2.44. The van der Waals surface area contributed by atoms with Gasteiger partial charge in [-0.3, -0.25) is 0 Å². The van der Waals surface area contributed by atoms with Crippen molar-refractivity contribution in [3.63, 3.8) is 0 Å². The van der Waals surface area contributed by atoms with Gasteiger partial charge in [-0.25, -0.2) is 0 Å². The number of aromatic nitrogens is 2. The zero-order valence-corrected chi connectivity index (χ0v) is 10.9. The number of aliphatic hydroxyl groups is 1. The van der Waals surface area contributed by atoms with Gasteiger partial charge in [0.15, 0.2) is 0 Å². The molecule has 1 atom stereocenters. The Labute approximate surface area is 111 Å². The number of methoxy groups -OCH3 is 1. The Bertz CT molecular complexity index is 510. The van der Waals surface area contributed by atoms with Crippen molar-refractivity contribution in [2.24, 2.45) is 0 Å². The molecule has 0 saturated carbocycles. The van der Waals surface area contributed by atoms with E-state index in [4.69, 9.17) is 19.0 Å². The normalized spacial score (nSPS) is 12.4. The average Bonchev–Trinajstić information content (AvgIpc) is 2.88. The predicted octanol–water partition coefficient (Wildman–Crippen LogP) is 1.64. The minimum Gasteiger partial charge on any atom is -0.488 e. The van der Waals surface area contributed by atoms with Gasteiger partial charge < -0.3 is 19.0 Å². The van der Waals surface area contributed by atoms with E-state index in [0.29, 0.717) is 12.5 Å². The van der Waals surface area contributed by atoms with Crippen molar-refractivity contribution >= 4 is 0 Å². The molecule has 6 nitrogen and oxygen atoms in total. The Kier molecular flexibility index (Phi) is 4.48. The first-order valence-electron chi connectivity index (χ1n) is 5.92. The topological polar surface area (TPSA) is 77.6 Å². The van der Waals surface area contributed by atoms with Crippen molar-refractivity contribution in [3.8, 4) is 17.2 Å². The molecule has 19 heavy (non-hydrogen) atoms. The van der Waals surface area contributed by atoms with E-state index in [1.54, 1.807) is 7.11 Å². The third kappa shape index (κ3) is 3.52. The van der Waals surface area contributed by atoms with Crippen LogP contribution in [0.15, 0.2) is 28.7 Å². The van der Waals surface area contributed by atoms with E-state index in [2.05, 4.69) is 10.2 Å². The average molecular weight is 264 g/mol. The van der Waals surface area contributed by atoms with Crippen molar-refractivity contribution in [3.05, 3.63) is 30.2 Å². The van der Waals surface area contributed by atoms with Gasteiger partial charge >= 0.3 is 0 Å². The Morgan fingerprint density at radius 2 is 2.00 bits per heavy atom. The van der Waals surface area contributed by atoms with Gasteiger partial charge in [-0.15, -0.1) is 10.2 Å². The zero-order chi connectivity index (χ0) is 13.7. The Morgan fingerprint density at radius 1 is 1.26 bits per heavy atom. The summed E-state index contributed by atoms with van der Waals surface area (Å²) in [6.45, 7) is 2.21. The molecule has 2 rings (SSSR count). The second-order valence-electron chi connectivity index (χ2n) is 4.07. The molecule has 0 aliphatic heterocycles. The number of ether oxygens (including phenoxy) is 2. The van der Waals surface area contributed by atoms with Gasteiger partial charge in [0, 0.05) is 12.7 Å². The third-order valence-corrected chi connectivity index (χ3v) is 2.44. The van der Waals surface area contributed by atoms with Crippen molar-refractivity contribution in [2.75, 3.05) is 13.7 Å². The molecular weight excluding hydrogens is 248 g/mol. The summed E-state index contributed by atoms with van der Waals surface area (Å²) in [4.78, 5) is 0. The highest BCUT2D eigenvalue weighted by atomic mass is 16.5. The fraction of sp³-hybridized carbons (Fsp3) is 0.385. The van der Waals surface area contributed by atoms with Crippen LogP contribution < -0.4 is 4.74 Å². The van der Waals surface area contributed by atoms with E-state index in [-0.39, 0.29) is 18.6 Å². The lowest BCUT2D eigenvalue weighted by Crippen LogP contribution is -2.17. The van der Waals surface area contributed by atoms with Crippen molar-refractivity contribution in [1.82, 2.24) is 10.2 Å². The largest absolute Gasteiger partial charge is 0.488 e. The molecule has 1 aromatic carbocycles. The number of hydrogen-bond acceptors (Lipinski definition) is 6. The van der Waals surface area contributed by atoms with E-state index in [9.17, 15) is 0 Å². The zero-order valence-electron chi connectivity index (χ0n) is 10.9. The van der Waals surface area contributed by atoms with Crippen LogP contribution in [0, 0.1) is 0 Å². The molecule has 0 radical (unpaired) electrons. The lowest BCUT2D eigenvalue weighted by atomic mass is 10.2. The first kappa shape index (κ1) is 13.5. The van der Waals surface area contributed by atoms with E-state index in [0.717, 1.165) is 11.3 Å². The summed E-state index contributed by atoms with van der Waals surface area (Å²) >= 11 is 0. The maximum Gasteiger partial charge on any atom is 0.247 e. The summed E-state index contributed by atoms with van der Waals surface area (Å²) < 4.78 is 15.9. The van der Waals surface area contributed by atoms with Gasteiger partial charge in [-0.2, -0.15) is 0 Å². The molecule has 0 aliphatic carbocycles. The van der Waals surface area contributed by atoms with Crippen LogP contribution in [0.2, 0.25) is 0 Å². The summed E-state index contributed by atoms with van der Waals surface area (Å²) in [6.07, 6.45) is -0.0137. The minimum absolute atomic E-state index is 0.0137.